The van der Waals surface area contributed by atoms with Crippen LogP contribution >= 0.6 is 0 Å². The zero-order chi connectivity index (χ0) is 16.7. The molecule has 0 amide bonds. The molecule has 2 aromatic rings. The van der Waals surface area contributed by atoms with Gasteiger partial charge in [0, 0.05) is 12.6 Å². The van der Waals surface area contributed by atoms with E-state index in [2.05, 4.69) is 24.0 Å². The lowest BCUT2D eigenvalue weighted by Gasteiger charge is -2.27. The van der Waals surface area contributed by atoms with Crippen molar-refractivity contribution in [1.29, 1.82) is 0 Å². The second-order valence-corrected chi connectivity index (χ2v) is 5.67. The van der Waals surface area contributed by atoms with Gasteiger partial charge in [0.2, 0.25) is 0 Å². The van der Waals surface area contributed by atoms with Crippen molar-refractivity contribution in [3.63, 3.8) is 0 Å². The van der Waals surface area contributed by atoms with Gasteiger partial charge in [-0.3, -0.25) is 4.90 Å². The fourth-order valence-corrected chi connectivity index (χ4v) is 2.39. The minimum absolute atomic E-state index is 0.242. The van der Waals surface area contributed by atoms with Crippen molar-refractivity contribution < 1.29 is 14.6 Å². The second kappa shape index (κ2) is 8.56. The van der Waals surface area contributed by atoms with Crippen molar-refractivity contribution in [3.05, 3.63) is 60.2 Å². The van der Waals surface area contributed by atoms with E-state index in [0.717, 1.165) is 11.5 Å². The van der Waals surface area contributed by atoms with Crippen LogP contribution in [0, 0.1) is 0 Å². The molecule has 2 aromatic carbocycles. The van der Waals surface area contributed by atoms with Gasteiger partial charge in [0.15, 0.2) is 0 Å². The molecule has 2 atom stereocenters. The molecule has 0 bridgehead atoms. The first-order valence-electron chi connectivity index (χ1n) is 7.80. The van der Waals surface area contributed by atoms with E-state index in [-0.39, 0.29) is 12.6 Å². The van der Waals surface area contributed by atoms with E-state index in [1.54, 1.807) is 7.11 Å². The first-order chi connectivity index (χ1) is 11.1. The largest absolute Gasteiger partial charge is 0.497 e. The van der Waals surface area contributed by atoms with Crippen LogP contribution in [0.25, 0.3) is 0 Å². The van der Waals surface area contributed by atoms with Crippen molar-refractivity contribution in [3.8, 4) is 11.5 Å². The predicted molar refractivity (Wildman–Crippen MR) is 92.0 cm³/mol. The van der Waals surface area contributed by atoms with E-state index in [9.17, 15) is 5.11 Å². The Morgan fingerprint density at radius 2 is 1.61 bits per heavy atom. The van der Waals surface area contributed by atoms with Crippen molar-refractivity contribution in [2.75, 3.05) is 27.3 Å². The number of likely N-dealkylation sites (N-methyl/N-ethyl adjacent to an activating group) is 1. The van der Waals surface area contributed by atoms with Crippen LogP contribution in [0.1, 0.15) is 18.5 Å². The molecule has 124 valence electrons. The average molecular weight is 315 g/mol. The lowest BCUT2D eigenvalue weighted by atomic mass is 10.1. The number of hydrogen-bond donors (Lipinski definition) is 1. The number of hydrogen-bond acceptors (Lipinski definition) is 4. The summed E-state index contributed by atoms with van der Waals surface area (Å²) in [6.45, 7) is 2.94. The number of nitrogens with zero attached hydrogens (tertiary/aromatic N) is 1. The summed E-state index contributed by atoms with van der Waals surface area (Å²) in [5, 5.41) is 10.2. The molecule has 0 saturated heterocycles. The predicted octanol–water partition coefficient (Wildman–Crippen LogP) is 3.13. The molecule has 0 aliphatic rings. The standard InChI is InChI=1S/C19H25NO3/c1-15(16-7-5-4-6-8-16)20(2)13-17(21)14-23-19-11-9-18(22-3)10-12-19/h4-12,15,17,21H,13-14H2,1-3H3/t15-,17?/m1/s1. The maximum absolute atomic E-state index is 10.2. The minimum Gasteiger partial charge on any atom is -0.497 e. The van der Waals surface area contributed by atoms with Gasteiger partial charge in [0.05, 0.1) is 7.11 Å². The molecule has 4 heteroatoms. The van der Waals surface area contributed by atoms with Gasteiger partial charge in [-0.15, -0.1) is 0 Å². The van der Waals surface area contributed by atoms with E-state index in [0.29, 0.717) is 6.54 Å². The van der Waals surface area contributed by atoms with Crippen LogP contribution in [0.5, 0.6) is 11.5 Å². The summed E-state index contributed by atoms with van der Waals surface area (Å²) in [6.07, 6.45) is -0.548. The molecule has 0 aliphatic heterocycles. The first-order valence-corrected chi connectivity index (χ1v) is 7.80. The first kappa shape index (κ1) is 17.3. The lowest BCUT2D eigenvalue weighted by molar-refractivity contribution is 0.0653. The van der Waals surface area contributed by atoms with Crippen LogP contribution < -0.4 is 9.47 Å². The number of ether oxygens (including phenoxy) is 2. The minimum atomic E-state index is -0.548. The van der Waals surface area contributed by atoms with E-state index < -0.39 is 6.10 Å². The van der Waals surface area contributed by atoms with Crippen LogP contribution in [-0.4, -0.2) is 43.4 Å². The third kappa shape index (κ3) is 5.27. The molecule has 1 N–H and O–H groups in total. The Labute approximate surface area is 138 Å². The van der Waals surface area contributed by atoms with Crippen LogP contribution in [0.2, 0.25) is 0 Å². The highest BCUT2D eigenvalue weighted by molar-refractivity contribution is 5.31. The van der Waals surface area contributed by atoms with Gasteiger partial charge in [-0.1, -0.05) is 30.3 Å². The zero-order valence-electron chi connectivity index (χ0n) is 14.0. The monoisotopic (exact) mass is 315 g/mol. The quantitative estimate of drug-likeness (QED) is 0.813. The van der Waals surface area contributed by atoms with Crippen LogP contribution in [0.3, 0.4) is 0 Å². The van der Waals surface area contributed by atoms with E-state index in [1.165, 1.54) is 5.56 Å². The molecule has 4 nitrogen and oxygen atoms in total. The zero-order valence-corrected chi connectivity index (χ0v) is 14.0. The van der Waals surface area contributed by atoms with Gasteiger partial charge in [-0.05, 0) is 43.8 Å². The van der Waals surface area contributed by atoms with Crippen LogP contribution in [-0.2, 0) is 0 Å². The van der Waals surface area contributed by atoms with Gasteiger partial charge in [0.25, 0.3) is 0 Å². The van der Waals surface area contributed by atoms with Crippen molar-refractivity contribution >= 4 is 0 Å². The Morgan fingerprint density at radius 3 is 2.22 bits per heavy atom. The van der Waals surface area contributed by atoms with Gasteiger partial charge in [0.1, 0.15) is 24.2 Å². The normalized spacial score (nSPS) is 13.6. The van der Waals surface area contributed by atoms with E-state index >= 15 is 0 Å². The molecule has 0 aromatic heterocycles. The Kier molecular flexibility index (Phi) is 6.44. The third-order valence-electron chi connectivity index (χ3n) is 3.94. The van der Waals surface area contributed by atoms with Crippen LogP contribution in [0.15, 0.2) is 54.6 Å². The Morgan fingerprint density at radius 1 is 1.00 bits per heavy atom. The highest BCUT2D eigenvalue weighted by Crippen LogP contribution is 2.19. The molecule has 1 unspecified atom stereocenters. The fraction of sp³-hybridized carbons (Fsp3) is 0.368. The molecule has 23 heavy (non-hydrogen) atoms. The van der Waals surface area contributed by atoms with Crippen molar-refractivity contribution in [2.24, 2.45) is 0 Å². The Bertz CT molecular complexity index is 571. The molecule has 0 fully saturated rings. The van der Waals surface area contributed by atoms with Crippen molar-refractivity contribution in [1.82, 2.24) is 4.90 Å². The molecule has 0 saturated carbocycles. The summed E-state index contributed by atoms with van der Waals surface area (Å²) >= 11 is 0. The summed E-state index contributed by atoms with van der Waals surface area (Å²) in [5.74, 6) is 1.51. The number of benzene rings is 2. The smallest absolute Gasteiger partial charge is 0.119 e. The Balaban J connectivity index is 1.80. The Hall–Kier alpha value is -2.04. The lowest BCUT2D eigenvalue weighted by Crippen LogP contribution is -2.34. The molecule has 0 heterocycles. The maximum Gasteiger partial charge on any atom is 0.119 e. The number of methoxy groups -OCH3 is 1. The number of aliphatic hydroxyl groups excluding tert-OH is 1. The molecular formula is C19H25NO3. The van der Waals surface area contributed by atoms with Crippen molar-refractivity contribution in [2.45, 2.75) is 19.1 Å². The molecule has 0 spiro atoms. The number of rotatable bonds is 8. The summed E-state index contributed by atoms with van der Waals surface area (Å²) in [5.41, 5.74) is 1.23. The highest BCUT2D eigenvalue weighted by Gasteiger charge is 2.15. The summed E-state index contributed by atoms with van der Waals surface area (Å²) < 4.78 is 10.7. The van der Waals surface area contributed by atoms with E-state index in [4.69, 9.17) is 9.47 Å². The molecule has 0 radical (unpaired) electrons. The average Bonchev–Trinajstić information content (AvgIpc) is 2.60. The van der Waals surface area contributed by atoms with Gasteiger partial charge >= 0.3 is 0 Å². The summed E-state index contributed by atoms with van der Waals surface area (Å²) in [6, 6.07) is 17.9. The fourth-order valence-electron chi connectivity index (χ4n) is 2.39. The second-order valence-electron chi connectivity index (χ2n) is 5.67. The van der Waals surface area contributed by atoms with Gasteiger partial charge in [-0.25, -0.2) is 0 Å². The van der Waals surface area contributed by atoms with Crippen LogP contribution in [0.4, 0.5) is 0 Å². The molecular weight excluding hydrogens is 290 g/mol. The summed E-state index contributed by atoms with van der Waals surface area (Å²) in [4.78, 5) is 2.12. The third-order valence-corrected chi connectivity index (χ3v) is 3.94. The van der Waals surface area contributed by atoms with Gasteiger partial charge in [-0.2, -0.15) is 0 Å². The molecule has 2 rings (SSSR count). The highest BCUT2D eigenvalue weighted by atomic mass is 16.5. The number of aliphatic hydroxyl groups is 1. The maximum atomic E-state index is 10.2. The van der Waals surface area contributed by atoms with E-state index in [1.807, 2.05) is 49.5 Å². The topological polar surface area (TPSA) is 41.9 Å². The summed E-state index contributed by atoms with van der Waals surface area (Å²) in [7, 11) is 3.64. The van der Waals surface area contributed by atoms with Gasteiger partial charge < -0.3 is 14.6 Å². The molecule has 0 aliphatic carbocycles. The SMILES string of the molecule is COc1ccc(OCC(O)CN(C)[C@H](C)c2ccccc2)cc1.